The van der Waals surface area contributed by atoms with E-state index in [1.807, 2.05) is 13.8 Å². The molecule has 0 amide bonds. The van der Waals surface area contributed by atoms with Gasteiger partial charge in [0.25, 0.3) is 0 Å². The van der Waals surface area contributed by atoms with Gasteiger partial charge in [-0.3, -0.25) is 0 Å². The van der Waals surface area contributed by atoms with Crippen LogP contribution in [-0.2, 0) is 19.0 Å². The third kappa shape index (κ3) is 7.63. The molecule has 0 atom stereocenters. The standard InChI is InChI=1S/C13H26O4Si/c1-5-16-13(18,17-6-2)9-7-8-10-15-12(14)11(3)4/h3,5-10H2,1-2,4,18H3. The molecule has 0 heterocycles. The lowest BCUT2D eigenvalue weighted by Gasteiger charge is -2.29. The predicted octanol–water partition coefficient (Wildman–Crippen LogP) is 1.37. The van der Waals surface area contributed by atoms with Crippen LogP contribution in [0.15, 0.2) is 12.2 Å². The number of hydrogen-bond acceptors (Lipinski definition) is 4. The molecule has 0 spiro atoms. The number of esters is 1. The lowest BCUT2D eigenvalue weighted by atomic mass is 10.2. The van der Waals surface area contributed by atoms with E-state index in [1.54, 1.807) is 6.92 Å². The van der Waals surface area contributed by atoms with Crippen LogP contribution < -0.4 is 0 Å². The molecule has 0 aliphatic rings. The maximum absolute atomic E-state index is 11.1. The highest BCUT2D eigenvalue weighted by atomic mass is 28.1. The highest BCUT2D eigenvalue weighted by molar-refractivity contribution is 6.13. The third-order valence-corrected chi connectivity index (χ3v) is 3.58. The molecule has 0 bridgehead atoms. The van der Waals surface area contributed by atoms with Crippen molar-refractivity contribution in [2.45, 2.75) is 45.4 Å². The van der Waals surface area contributed by atoms with E-state index < -0.39 is 0 Å². The summed E-state index contributed by atoms with van der Waals surface area (Å²) in [6.45, 7) is 10.9. The number of ether oxygens (including phenoxy) is 3. The van der Waals surface area contributed by atoms with Gasteiger partial charge in [0.2, 0.25) is 0 Å². The first kappa shape index (κ1) is 17.3. The average Bonchev–Trinajstić information content (AvgIpc) is 2.28. The molecule has 0 radical (unpaired) electrons. The minimum Gasteiger partial charge on any atom is -0.462 e. The lowest BCUT2D eigenvalue weighted by Crippen LogP contribution is -2.36. The Morgan fingerprint density at radius 2 is 1.78 bits per heavy atom. The van der Waals surface area contributed by atoms with Gasteiger partial charge in [-0.05, 0) is 40.0 Å². The van der Waals surface area contributed by atoms with Crippen molar-refractivity contribution in [2.24, 2.45) is 0 Å². The normalized spacial score (nSPS) is 11.5. The molecule has 0 fully saturated rings. The number of unbranched alkanes of at least 4 members (excludes halogenated alkanes) is 1. The maximum atomic E-state index is 11.1. The van der Waals surface area contributed by atoms with Crippen molar-refractivity contribution in [3.63, 3.8) is 0 Å². The van der Waals surface area contributed by atoms with Crippen molar-refractivity contribution in [3.8, 4) is 0 Å². The Labute approximate surface area is 113 Å². The van der Waals surface area contributed by atoms with Crippen molar-refractivity contribution in [1.29, 1.82) is 0 Å². The van der Waals surface area contributed by atoms with Crippen LogP contribution in [0.1, 0.15) is 40.0 Å². The van der Waals surface area contributed by atoms with Crippen molar-refractivity contribution >= 4 is 16.2 Å². The van der Waals surface area contributed by atoms with Crippen LogP contribution in [0.4, 0.5) is 0 Å². The Morgan fingerprint density at radius 1 is 1.22 bits per heavy atom. The minimum atomic E-state index is -0.387. The molecule has 0 N–H and O–H groups in total. The number of carbonyl (C=O) groups excluding carboxylic acids is 1. The highest BCUT2D eigenvalue weighted by Gasteiger charge is 2.23. The molecule has 0 aromatic carbocycles. The van der Waals surface area contributed by atoms with Gasteiger partial charge in [-0.2, -0.15) is 0 Å². The van der Waals surface area contributed by atoms with Crippen molar-refractivity contribution in [1.82, 2.24) is 0 Å². The second kappa shape index (κ2) is 9.30. The molecule has 0 aromatic heterocycles. The fraction of sp³-hybridized carbons (Fsp3) is 0.769. The van der Waals surface area contributed by atoms with Crippen molar-refractivity contribution in [3.05, 3.63) is 12.2 Å². The van der Waals surface area contributed by atoms with Gasteiger partial charge in [0.15, 0.2) is 0 Å². The quantitative estimate of drug-likeness (QED) is 0.198. The fourth-order valence-electron chi connectivity index (χ4n) is 1.63. The van der Waals surface area contributed by atoms with E-state index in [2.05, 4.69) is 6.58 Å². The molecule has 18 heavy (non-hydrogen) atoms. The Kier molecular flexibility index (Phi) is 8.96. The van der Waals surface area contributed by atoms with Gasteiger partial charge in [-0.1, -0.05) is 6.58 Å². The first-order valence-corrected chi connectivity index (χ1v) is 7.55. The monoisotopic (exact) mass is 274 g/mol. The van der Waals surface area contributed by atoms with Gasteiger partial charge in [0.1, 0.15) is 5.41 Å². The molecular weight excluding hydrogens is 248 g/mol. The first-order chi connectivity index (χ1) is 8.45. The largest absolute Gasteiger partial charge is 0.462 e. The van der Waals surface area contributed by atoms with Crippen molar-refractivity contribution in [2.75, 3.05) is 19.8 Å². The molecule has 0 rings (SSSR count). The van der Waals surface area contributed by atoms with Crippen LogP contribution >= 0.6 is 0 Å². The number of rotatable bonds is 10. The first-order valence-electron chi connectivity index (χ1n) is 6.55. The van der Waals surface area contributed by atoms with Crippen LogP contribution in [0.25, 0.3) is 0 Å². The van der Waals surface area contributed by atoms with E-state index in [4.69, 9.17) is 14.2 Å². The smallest absolute Gasteiger partial charge is 0.333 e. The maximum Gasteiger partial charge on any atom is 0.333 e. The molecule has 0 aromatic rings. The van der Waals surface area contributed by atoms with Crippen LogP contribution in [0.5, 0.6) is 0 Å². The molecule has 0 unspecified atom stereocenters. The molecule has 0 saturated heterocycles. The fourth-order valence-corrected chi connectivity index (χ4v) is 2.56. The summed E-state index contributed by atoms with van der Waals surface area (Å²) in [5.41, 5.74) is 0.0536. The van der Waals surface area contributed by atoms with Crippen LogP contribution in [0.2, 0.25) is 0 Å². The second-order valence-electron chi connectivity index (χ2n) is 4.37. The zero-order chi connectivity index (χ0) is 14.0. The molecule has 0 saturated carbocycles. The van der Waals surface area contributed by atoms with E-state index in [1.165, 1.54) is 0 Å². The molecule has 106 valence electrons. The van der Waals surface area contributed by atoms with E-state index in [-0.39, 0.29) is 11.4 Å². The predicted molar refractivity (Wildman–Crippen MR) is 75.5 cm³/mol. The summed E-state index contributed by atoms with van der Waals surface area (Å²) in [5, 5.41) is 0. The minimum absolute atomic E-state index is 0.318. The van der Waals surface area contributed by atoms with Gasteiger partial charge in [0.05, 0.1) is 16.8 Å². The van der Waals surface area contributed by atoms with Crippen molar-refractivity contribution < 1.29 is 19.0 Å². The third-order valence-electron chi connectivity index (χ3n) is 2.51. The number of hydrogen-bond donors (Lipinski definition) is 0. The van der Waals surface area contributed by atoms with Gasteiger partial charge in [0, 0.05) is 18.8 Å². The van der Waals surface area contributed by atoms with E-state index >= 15 is 0 Å². The molecule has 5 heteroatoms. The molecule has 0 aliphatic carbocycles. The Hall–Kier alpha value is -0.653. The van der Waals surface area contributed by atoms with Crippen LogP contribution in [0, 0.1) is 0 Å². The summed E-state index contributed by atoms with van der Waals surface area (Å²) in [7, 11) is 0.834. The Morgan fingerprint density at radius 3 is 2.22 bits per heavy atom. The van der Waals surface area contributed by atoms with Crippen LogP contribution in [0.3, 0.4) is 0 Å². The lowest BCUT2D eigenvalue weighted by molar-refractivity contribution is -0.177. The molecule has 4 nitrogen and oxygen atoms in total. The summed E-state index contributed by atoms with van der Waals surface area (Å²) in [6, 6.07) is 0. The second-order valence-corrected chi connectivity index (χ2v) is 5.90. The SMILES string of the molecule is C=C(C)C(=O)OCCCCC([SiH3])(OCC)OCC. The van der Waals surface area contributed by atoms with Crippen LogP contribution in [-0.4, -0.2) is 41.4 Å². The van der Waals surface area contributed by atoms with E-state index in [9.17, 15) is 4.79 Å². The molecular formula is C13H26O4Si. The zero-order valence-electron chi connectivity index (χ0n) is 12.1. The van der Waals surface area contributed by atoms with Gasteiger partial charge in [-0.25, -0.2) is 4.79 Å². The average molecular weight is 274 g/mol. The highest BCUT2D eigenvalue weighted by Crippen LogP contribution is 2.17. The van der Waals surface area contributed by atoms with Gasteiger partial charge < -0.3 is 14.2 Å². The topological polar surface area (TPSA) is 44.8 Å². The van der Waals surface area contributed by atoms with Gasteiger partial charge >= 0.3 is 5.97 Å². The summed E-state index contributed by atoms with van der Waals surface area (Å²) in [5.74, 6) is -0.318. The summed E-state index contributed by atoms with van der Waals surface area (Å²) in [6.07, 6.45) is 2.60. The van der Waals surface area contributed by atoms with E-state index in [0.717, 1.165) is 29.5 Å². The Balaban J connectivity index is 3.80. The zero-order valence-corrected chi connectivity index (χ0v) is 14.1. The van der Waals surface area contributed by atoms with Gasteiger partial charge in [-0.15, -0.1) is 0 Å². The van der Waals surface area contributed by atoms with E-state index in [0.29, 0.717) is 25.4 Å². The number of carbonyl (C=O) groups is 1. The Bertz CT molecular complexity index is 260. The molecule has 0 aliphatic heterocycles. The summed E-state index contributed by atoms with van der Waals surface area (Å²) in [4.78, 5) is 11.1. The summed E-state index contributed by atoms with van der Waals surface area (Å²) < 4.78 is 16.3. The summed E-state index contributed by atoms with van der Waals surface area (Å²) >= 11 is 0.